The van der Waals surface area contributed by atoms with E-state index in [-0.39, 0.29) is 10.5 Å². The van der Waals surface area contributed by atoms with Crippen LogP contribution in [-0.4, -0.2) is 27.7 Å². The van der Waals surface area contributed by atoms with Gasteiger partial charge < -0.3 is 10.1 Å². The maximum absolute atomic E-state index is 12.5. The van der Waals surface area contributed by atoms with Crippen molar-refractivity contribution in [2.75, 3.05) is 18.7 Å². The summed E-state index contributed by atoms with van der Waals surface area (Å²) in [6.07, 6.45) is 1.06. The third kappa shape index (κ3) is 3.83. The molecule has 0 bridgehead atoms. The van der Waals surface area contributed by atoms with Gasteiger partial charge >= 0.3 is 0 Å². The van der Waals surface area contributed by atoms with Crippen molar-refractivity contribution >= 4 is 33.0 Å². The Morgan fingerprint density at radius 2 is 1.87 bits per heavy atom. The third-order valence-corrected chi connectivity index (χ3v) is 4.82. The van der Waals surface area contributed by atoms with E-state index in [0.29, 0.717) is 16.5 Å². The summed E-state index contributed by atoms with van der Waals surface area (Å²) in [5.41, 5.74) is 1.26. The van der Waals surface area contributed by atoms with Crippen LogP contribution < -0.4 is 10.1 Å². The fraction of sp³-hybridized carbons (Fsp3) is 0.188. The molecule has 0 aliphatic heterocycles. The predicted molar refractivity (Wildman–Crippen MR) is 90.2 cm³/mol. The molecule has 122 valence electrons. The van der Waals surface area contributed by atoms with Crippen LogP contribution in [0.4, 0.5) is 5.69 Å². The topological polar surface area (TPSA) is 72.5 Å². The lowest BCUT2D eigenvalue weighted by Crippen LogP contribution is -2.16. The van der Waals surface area contributed by atoms with Crippen LogP contribution >= 0.6 is 11.6 Å². The van der Waals surface area contributed by atoms with Gasteiger partial charge in [-0.15, -0.1) is 0 Å². The molecule has 0 radical (unpaired) electrons. The highest BCUT2D eigenvalue weighted by molar-refractivity contribution is 7.90. The minimum atomic E-state index is -3.51. The van der Waals surface area contributed by atoms with Gasteiger partial charge in [-0.25, -0.2) is 8.42 Å². The minimum Gasteiger partial charge on any atom is -0.495 e. The number of benzene rings is 2. The number of sulfone groups is 1. The zero-order chi connectivity index (χ0) is 17.2. The highest BCUT2D eigenvalue weighted by Gasteiger charge is 2.19. The molecule has 0 atom stereocenters. The van der Waals surface area contributed by atoms with Gasteiger partial charge in [0.15, 0.2) is 9.84 Å². The Balaban J connectivity index is 2.44. The quantitative estimate of drug-likeness (QED) is 0.915. The number of nitrogens with one attached hydrogen (secondary N) is 1. The average molecular weight is 354 g/mol. The fourth-order valence-corrected chi connectivity index (χ4v) is 3.14. The van der Waals surface area contributed by atoms with E-state index < -0.39 is 15.7 Å². The lowest BCUT2D eigenvalue weighted by molar-refractivity contribution is 0.102. The maximum atomic E-state index is 12.5. The Morgan fingerprint density at radius 1 is 1.22 bits per heavy atom. The number of rotatable bonds is 4. The Labute approximate surface area is 140 Å². The van der Waals surface area contributed by atoms with Crippen molar-refractivity contribution < 1.29 is 17.9 Å². The summed E-state index contributed by atoms with van der Waals surface area (Å²) < 4.78 is 28.8. The van der Waals surface area contributed by atoms with Crippen molar-refractivity contribution in [3.8, 4) is 5.75 Å². The van der Waals surface area contributed by atoms with Crippen LogP contribution in [0.1, 0.15) is 15.9 Å². The van der Waals surface area contributed by atoms with Gasteiger partial charge in [-0.05, 0) is 30.7 Å². The van der Waals surface area contributed by atoms with E-state index in [9.17, 15) is 13.2 Å². The summed E-state index contributed by atoms with van der Waals surface area (Å²) >= 11 is 6.03. The predicted octanol–water partition coefficient (Wildman–Crippen LogP) is 3.31. The van der Waals surface area contributed by atoms with Crippen LogP contribution in [0.2, 0.25) is 5.02 Å². The number of carbonyl (C=O) groups excluding carboxylic acids is 1. The third-order valence-electron chi connectivity index (χ3n) is 3.26. The summed E-state index contributed by atoms with van der Waals surface area (Å²) in [5, 5.41) is 3.18. The fourth-order valence-electron chi connectivity index (χ4n) is 2.10. The summed E-state index contributed by atoms with van der Waals surface area (Å²) in [6.45, 7) is 1.79. The van der Waals surface area contributed by atoms with Crippen LogP contribution in [0, 0.1) is 6.92 Å². The SMILES string of the molecule is COc1cc(Cl)c(C)cc1NC(=O)c1ccccc1S(C)(=O)=O. The number of hydrogen-bond donors (Lipinski definition) is 1. The number of anilines is 1. The molecule has 2 aromatic rings. The summed E-state index contributed by atoms with van der Waals surface area (Å²) in [6, 6.07) is 9.29. The van der Waals surface area contributed by atoms with E-state index in [1.54, 1.807) is 31.2 Å². The normalized spacial score (nSPS) is 11.1. The van der Waals surface area contributed by atoms with E-state index in [4.69, 9.17) is 16.3 Å². The number of amides is 1. The molecular formula is C16H16ClNO4S. The van der Waals surface area contributed by atoms with Gasteiger partial charge in [0.25, 0.3) is 5.91 Å². The highest BCUT2D eigenvalue weighted by Crippen LogP contribution is 2.31. The molecule has 2 aromatic carbocycles. The van der Waals surface area contributed by atoms with Gasteiger partial charge in [0.1, 0.15) is 5.75 Å². The molecular weight excluding hydrogens is 338 g/mol. The molecule has 2 rings (SSSR count). The average Bonchev–Trinajstić information content (AvgIpc) is 2.49. The molecule has 0 saturated heterocycles. The first-order valence-electron chi connectivity index (χ1n) is 6.68. The van der Waals surface area contributed by atoms with Gasteiger partial charge in [-0.2, -0.15) is 0 Å². The second-order valence-electron chi connectivity index (χ2n) is 5.02. The largest absolute Gasteiger partial charge is 0.495 e. The molecule has 5 nitrogen and oxygen atoms in total. The van der Waals surface area contributed by atoms with Crippen LogP contribution in [0.3, 0.4) is 0 Å². The number of aryl methyl sites for hydroxylation is 1. The first-order chi connectivity index (χ1) is 10.7. The second-order valence-corrected chi connectivity index (χ2v) is 7.42. The summed E-state index contributed by atoms with van der Waals surface area (Å²) in [4.78, 5) is 12.5. The van der Waals surface area contributed by atoms with Crippen molar-refractivity contribution in [3.63, 3.8) is 0 Å². The smallest absolute Gasteiger partial charge is 0.257 e. The number of methoxy groups -OCH3 is 1. The van der Waals surface area contributed by atoms with E-state index in [0.717, 1.165) is 11.8 Å². The van der Waals surface area contributed by atoms with E-state index >= 15 is 0 Å². The van der Waals surface area contributed by atoms with Gasteiger partial charge in [-0.1, -0.05) is 23.7 Å². The van der Waals surface area contributed by atoms with Gasteiger partial charge in [0.05, 0.1) is 23.3 Å². The first-order valence-corrected chi connectivity index (χ1v) is 8.95. The molecule has 0 spiro atoms. The molecule has 1 amide bonds. The Hall–Kier alpha value is -2.05. The molecule has 0 aromatic heterocycles. The van der Waals surface area contributed by atoms with Gasteiger partial charge in [-0.3, -0.25) is 4.79 Å². The zero-order valence-corrected chi connectivity index (χ0v) is 14.5. The Kier molecular flexibility index (Phi) is 4.97. The van der Waals surface area contributed by atoms with Gasteiger partial charge in [0, 0.05) is 17.3 Å². The van der Waals surface area contributed by atoms with E-state index in [1.807, 2.05) is 0 Å². The van der Waals surface area contributed by atoms with Crippen LogP contribution in [0.5, 0.6) is 5.75 Å². The molecule has 1 N–H and O–H groups in total. The molecule has 7 heteroatoms. The van der Waals surface area contributed by atoms with E-state index in [2.05, 4.69) is 5.32 Å². The Bertz CT molecular complexity index is 862. The van der Waals surface area contributed by atoms with Crippen molar-refractivity contribution in [2.45, 2.75) is 11.8 Å². The monoisotopic (exact) mass is 353 g/mol. The molecule has 0 heterocycles. The molecule has 0 unspecified atom stereocenters. The maximum Gasteiger partial charge on any atom is 0.257 e. The highest BCUT2D eigenvalue weighted by atomic mass is 35.5. The summed E-state index contributed by atoms with van der Waals surface area (Å²) in [7, 11) is -2.06. The molecule has 0 aliphatic rings. The van der Waals surface area contributed by atoms with E-state index in [1.165, 1.54) is 19.2 Å². The van der Waals surface area contributed by atoms with Crippen molar-refractivity contribution in [1.29, 1.82) is 0 Å². The number of ether oxygens (including phenoxy) is 1. The van der Waals surface area contributed by atoms with Crippen molar-refractivity contribution in [3.05, 3.63) is 52.5 Å². The molecule has 0 aliphatic carbocycles. The van der Waals surface area contributed by atoms with Crippen LogP contribution in [0.25, 0.3) is 0 Å². The number of hydrogen-bond acceptors (Lipinski definition) is 4. The Morgan fingerprint density at radius 3 is 2.48 bits per heavy atom. The zero-order valence-electron chi connectivity index (χ0n) is 12.9. The standard InChI is InChI=1S/C16H16ClNO4S/c1-10-8-13(14(22-2)9-12(10)17)18-16(19)11-6-4-5-7-15(11)23(3,20)21/h4-9H,1-3H3,(H,18,19). The summed E-state index contributed by atoms with van der Waals surface area (Å²) in [5.74, 6) is -0.142. The first kappa shape index (κ1) is 17.3. The lowest BCUT2D eigenvalue weighted by atomic mass is 10.1. The number of carbonyl (C=O) groups is 1. The minimum absolute atomic E-state index is 0.0258. The molecule has 23 heavy (non-hydrogen) atoms. The van der Waals surface area contributed by atoms with Gasteiger partial charge in [0.2, 0.25) is 0 Å². The van der Waals surface area contributed by atoms with Crippen molar-refractivity contribution in [2.24, 2.45) is 0 Å². The number of halogens is 1. The lowest BCUT2D eigenvalue weighted by Gasteiger charge is -2.13. The van der Waals surface area contributed by atoms with Crippen molar-refractivity contribution in [1.82, 2.24) is 0 Å². The van der Waals surface area contributed by atoms with Crippen LogP contribution in [-0.2, 0) is 9.84 Å². The molecule has 0 saturated carbocycles. The molecule has 0 fully saturated rings. The van der Waals surface area contributed by atoms with Crippen LogP contribution in [0.15, 0.2) is 41.3 Å². The second kappa shape index (κ2) is 6.60.